The molecule has 9 heteroatoms. The van der Waals surface area contributed by atoms with Gasteiger partial charge in [0.15, 0.2) is 6.29 Å². The Hall–Kier alpha value is -1.81. The number of aliphatic hydroxyl groups excluding tert-OH is 2. The minimum Gasteiger partial charge on any atom is -0.465 e. The van der Waals surface area contributed by atoms with Crippen molar-refractivity contribution >= 4 is 18.3 Å². The first-order valence-corrected chi connectivity index (χ1v) is 7.00. The van der Waals surface area contributed by atoms with Gasteiger partial charge in [0.05, 0.1) is 0 Å². The minimum absolute atomic E-state index is 0.181. The zero-order valence-corrected chi connectivity index (χ0v) is 13.0. The number of methoxy groups -OCH3 is 1. The minimum atomic E-state index is -1.51. The lowest BCUT2D eigenvalue weighted by Gasteiger charge is -2.44. The normalized spacial score (nSPS) is 35.0. The van der Waals surface area contributed by atoms with Gasteiger partial charge in [-0.15, -0.1) is 0 Å². The molecule has 2 amide bonds. The molecule has 0 aliphatic carbocycles. The molecule has 2 aliphatic rings. The van der Waals surface area contributed by atoms with E-state index in [-0.39, 0.29) is 24.2 Å². The highest BCUT2D eigenvalue weighted by atomic mass is 16.7. The summed E-state index contributed by atoms with van der Waals surface area (Å²) in [5.74, 6) is -1.14. The topological polar surface area (TPSA) is 123 Å². The second kappa shape index (κ2) is 6.75. The average molecular weight is 329 g/mol. The molecule has 1 fully saturated rings. The lowest BCUT2D eigenvalue weighted by molar-refractivity contribution is -0.276. The van der Waals surface area contributed by atoms with Crippen LogP contribution in [-0.4, -0.2) is 77.8 Å². The van der Waals surface area contributed by atoms with Gasteiger partial charge in [-0.1, -0.05) is 0 Å². The third kappa shape index (κ3) is 2.88. The first-order chi connectivity index (χ1) is 10.8. The number of ether oxygens (including phenoxy) is 3. The Kier molecular flexibility index (Phi) is 5.15. The van der Waals surface area contributed by atoms with Crippen LogP contribution in [0.3, 0.4) is 0 Å². The van der Waals surface area contributed by atoms with Gasteiger partial charge in [-0.3, -0.25) is 19.3 Å². The van der Waals surface area contributed by atoms with Gasteiger partial charge in [0, 0.05) is 18.3 Å². The van der Waals surface area contributed by atoms with E-state index in [1.165, 1.54) is 21.0 Å². The predicted octanol–water partition coefficient (Wildman–Crippen LogP) is -1.67. The van der Waals surface area contributed by atoms with Gasteiger partial charge >= 0.3 is 0 Å². The van der Waals surface area contributed by atoms with Gasteiger partial charge in [-0.25, -0.2) is 0 Å². The molecule has 0 unspecified atom stereocenters. The Labute approximate surface area is 132 Å². The van der Waals surface area contributed by atoms with Crippen LogP contribution in [0.5, 0.6) is 0 Å². The average Bonchev–Trinajstić information content (AvgIpc) is 2.73. The van der Waals surface area contributed by atoms with Crippen molar-refractivity contribution in [1.29, 1.82) is 0 Å². The molecule has 0 saturated carbocycles. The van der Waals surface area contributed by atoms with E-state index < -0.39 is 42.5 Å². The molecule has 0 aromatic rings. The smallest absolute Gasteiger partial charge is 0.293 e. The molecule has 1 saturated heterocycles. The Bertz CT molecular complexity index is 519. The first-order valence-electron chi connectivity index (χ1n) is 7.00. The molecule has 0 aromatic heterocycles. The molecule has 9 nitrogen and oxygen atoms in total. The fourth-order valence-electron chi connectivity index (χ4n) is 2.70. The van der Waals surface area contributed by atoms with E-state index in [1.54, 1.807) is 0 Å². The summed E-state index contributed by atoms with van der Waals surface area (Å²) in [4.78, 5) is 35.6. The van der Waals surface area contributed by atoms with Gasteiger partial charge in [0.1, 0.15) is 31.0 Å². The molecule has 0 aromatic carbocycles. The lowest BCUT2D eigenvalue weighted by Crippen LogP contribution is -2.65. The summed E-state index contributed by atoms with van der Waals surface area (Å²) < 4.78 is 15.1. The summed E-state index contributed by atoms with van der Waals surface area (Å²) in [6.07, 6.45) is -5.19. The van der Waals surface area contributed by atoms with Crippen molar-refractivity contribution in [2.24, 2.45) is 0 Å². The molecule has 2 rings (SSSR count). The van der Waals surface area contributed by atoms with E-state index in [0.717, 1.165) is 4.90 Å². The Balaban J connectivity index is 2.27. The van der Waals surface area contributed by atoms with Crippen molar-refractivity contribution in [2.45, 2.75) is 44.5 Å². The van der Waals surface area contributed by atoms with Crippen molar-refractivity contribution in [3.63, 3.8) is 0 Å². The van der Waals surface area contributed by atoms with E-state index in [2.05, 4.69) is 4.74 Å². The van der Waals surface area contributed by atoms with E-state index in [4.69, 9.17) is 9.47 Å². The fraction of sp³-hybridized carbons (Fsp3) is 0.643. The molecular weight excluding hydrogens is 310 g/mol. The number of imide groups is 1. The van der Waals surface area contributed by atoms with Crippen LogP contribution in [0.25, 0.3) is 0 Å². The number of hydrogen-bond acceptors (Lipinski definition) is 8. The van der Waals surface area contributed by atoms with E-state index in [0.29, 0.717) is 0 Å². The van der Waals surface area contributed by atoms with Crippen molar-refractivity contribution in [3.05, 3.63) is 11.1 Å². The summed E-state index contributed by atoms with van der Waals surface area (Å²) in [6, 6.07) is -1.21. The number of hydrogen-bond donors (Lipinski definition) is 2. The molecule has 2 N–H and O–H groups in total. The highest BCUT2D eigenvalue weighted by Crippen LogP contribution is 2.31. The molecular formula is C14H19NO8. The molecule has 0 spiro atoms. The number of carbonyl (C=O) groups excluding carboxylic acids is 3. The van der Waals surface area contributed by atoms with Crippen LogP contribution in [0.1, 0.15) is 13.8 Å². The van der Waals surface area contributed by atoms with Crippen molar-refractivity contribution in [3.8, 4) is 0 Å². The summed E-state index contributed by atoms with van der Waals surface area (Å²) >= 11 is 0. The Morgan fingerprint density at radius 3 is 2.22 bits per heavy atom. The zero-order valence-electron chi connectivity index (χ0n) is 13.0. The number of aliphatic hydroxyl groups is 2. The highest BCUT2D eigenvalue weighted by molar-refractivity contribution is 6.19. The summed E-state index contributed by atoms with van der Waals surface area (Å²) in [6.45, 7) is 2.89. The maximum atomic E-state index is 12.3. The van der Waals surface area contributed by atoms with Crippen LogP contribution < -0.4 is 0 Å². The second-order valence-corrected chi connectivity index (χ2v) is 5.41. The van der Waals surface area contributed by atoms with Crippen molar-refractivity contribution < 1.29 is 38.8 Å². The van der Waals surface area contributed by atoms with Crippen molar-refractivity contribution in [1.82, 2.24) is 4.90 Å². The SMILES string of the molecule is CO[C@@H]1O[C@H](COC=O)[C@@H](O)[C@H](O)[C@H]1N1C(=O)C(C)=C(C)C1=O. The molecule has 0 radical (unpaired) electrons. The fourth-order valence-corrected chi connectivity index (χ4v) is 2.70. The first kappa shape index (κ1) is 17.5. The lowest BCUT2D eigenvalue weighted by atomic mass is 9.95. The van der Waals surface area contributed by atoms with E-state index in [9.17, 15) is 24.6 Å². The molecule has 2 aliphatic heterocycles. The molecule has 5 atom stereocenters. The van der Waals surface area contributed by atoms with Gasteiger partial charge in [-0.2, -0.15) is 0 Å². The van der Waals surface area contributed by atoms with Crippen LogP contribution in [0, 0.1) is 0 Å². The quantitative estimate of drug-likeness (QED) is 0.453. The monoisotopic (exact) mass is 329 g/mol. The van der Waals surface area contributed by atoms with Gasteiger partial charge in [0.25, 0.3) is 18.3 Å². The largest absolute Gasteiger partial charge is 0.465 e. The van der Waals surface area contributed by atoms with Crippen molar-refractivity contribution in [2.75, 3.05) is 13.7 Å². The summed E-state index contributed by atoms with van der Waals surface area (Å²) in [7, 11) is 1.28. The second-order valence-electron chi connectivity index (χ2n) is 5.41. The third-order valence-electron chi connectivity index (χ3n) is 4.17. The molecule has 128 valence electrons. The number of rotatable bonds is 5. The third-order valence-corrected chi connectivity index (χ3v) is 4.17. The summed E-state index contributed by atoms with van der Waals surface area (Å²) in [5.41, 5.74) is 0.524. The van der Waals surface area contributed by atoms with Crippen LogP contribution in [0.2, 0.25) is 0 Å². The van der Waals surface area contributed by atoms with Crippen LogP contribution in [0.4, 0.5) is 0 Å². The Morgan fingerprint density at radius 2 is 1.74 bits per heavy atom. The van der Waals surface area contributed by atoms with E-state index in [1.807, 2.05) is 0 Å². The maximum absolute atomic E-state index is 12.3. The highest BCUT2D eigenvalue weighted by Gasteiger charge is 2.52. The maximum Gasteiger partial charge on any atom is 0.293 e. The number of nitrogens with zero attached hydrogens (tertiary/aromatic N) is 1. The van der Waals surface area contributed by atoms with Crippen LogP contribution in [0.15, 0.2) is 11.1 Å². The van der Waals surface area contributed by atoms with E-state index >= 15 is 0 Å². The van der Waals surface area contributed by atoms with Crippen LogP contribution >= 0.6 is 0 Å². The van der Waals surface area contributed by atoms with Crippen LogP contribution in [-0.2, 0) is 28.6 Å². The Morgan fingerprint density at radius 1 is 1.17 bits per heavy atom. The standard InChI is InChI=1S/C14H19NO8/c1-6-7(2)13(20)15(12(6)19)9-11(18)10(17)8(4-22-5-16)23-14(9)21-3/h5,8-11,14,17-18H,4H2,1-3H3/t8-,9-,10-,11-,14-/m1/s1. The van der Waals surface area contributed by atoms with Gasteiger partial charge in [-0.05, 0) is 13.8 Å². The molecule has 0 bridgehead atoms. The predicted molar refractivity (Wildman–Crippen MR) is 73.7 cm³/mol. The zero-order chi connectivity index (χ0) is 17.3. The molecule has 2 heterocycles. The van der Waals surface area contributed by atoms with Gasteiger partial charge < -0.3 is 24.4 Å². The number of carbonyl (C=O) groups is 3. The number of amides is 2. The molecule has 23 heavy (non-hydrogen) atoms. The van der Waals surface area contributed by atoms with Gasteiger partial charge in [0.2, 0.25) is 0 Å². The summed E-state index contributed by atoms with van der Waals surface area (Å²) in [5, 5.41) is 20.5.